The number of carbonyl (C=O) groups is 2. The molecule has 2 amide bonds. The van der Waals surface area contributed by atoms with Gasteiger partial charge in [0.05, 0.1) is 0 Å². The van der Waals surface area contributed by atoms with Crippen molar-refractivity contribution < 1.29 is 14.7 Å². The topological polar surface area (TPSA) is 57.6 Å². The Labute approximate surface area is 50.6 Å². The van der Waals surface area contributed by atoms with Crippen LogP contribution in [0.3, 0.4) is 0 Å². The molecule has 0 aromatic heterocycles. The third kappa shape index (κ3) is 1.79. The van der Waals surface area contributed by atoms with E-state index in [4.69, 9.17) is 16.7 Å². The first kappa shape index (κ1) is 7.23. The van der Waals surface area contributed by atoms with Gasteiger partial charge < -0.3 is 5.11 Å². The second-order valence-electron chi connectivity index (χ2n) is 1.09. The molecule has 8 heavy (non-hydrogen) atoms. The van der Waals surface area contributed by atoms with Crippen LogP contribution in [0.2, 0.25) is 0 Å². The molecule has 0 spiro atoms. The normalized spacial score (nSPS) is 8.25. The Morgan fingerprint density at radius 3 is 2.00 bits per heavy atom. The first-order valence-corrected chi connectivity index (χ1v) is 2.09. The highest BCUT2D eigenvalue weighted by molar-refractivity contribution is 6.63. The molecule has 0 aliphatic rings. The standard InChI is InChI=1S/C3H4ClNO3/c1-5(2(4)6)3(7)8/h1H3,(H,7,8). The fraction of sp³-hybridized carbons (Fsp3) is 0.333. The first-order chi connectivity index (χ1) is 3.55. The van der Waals surface area contributed by atoms with E-state index in [9.17, 15) is 9.59 Å². The Kier molecular flexibility index (Phi) is 2.27. The van der Waals surface area contributed by atoms with Gasteiger partial charge in [-0.1, -0.05) is 0 Å². The third-order valence-corrected chi connectivity index (χ3v) is 0.804. The van der Waals surface area contributed by atoms with Gasteiger partial charge in [0.1, 0.15) is 0 Å². The summed E-state index contributed by atoms with van der Waals surface area (Å²) >= 11 is 4.73. The average molecular weight is 138 g/mol. The van der Waals surface area contributed by atoms with E-state index in [2.05, 4.69) is 0 Å². The lowest BCUT2D eigenvalue weighted by Crippen LogP contribution is -2.26. The van der Waals surface area contributed by atoms with E-state index in [1.165, 1.54) is 0 Å². The monoisotopic (exact) mass is 137 g/mol. The molecule has 0 aliphatic carbocycles. The largest absolute Gasteiger partial charge is 0.465 e. The number of hydrogen-bond donors (Lipinski definition) is 1. The summed E-state index contributed by atoms with van der Waals surface area (Å²) in [6.07, 6.45) is -1.36. The maximum absolute atomic E-state index is 9.90. The van der Waals surface area contributed by atoms with Gasteiger partial charge in [-0.25, -0.2) is 9.69 Å². The number of amides is 2. The third-order valence-electron chi connectivity index (χ3n) is 0.551. The van der Waals surface area contributed by atoms with Gasteiger partial charge in [-0.15, -0.1) is 0 Å². The van der Waals surface area contributed by atoms with Crippen molar-refractivity contribution >= 4 is 23.1 Å². The quantitative estimate of drug-likeness (QED) is 0.400. The maximum Gasteiger partial charge on any atom is 0.414 e. The van der Waals surface area contributed by atoms with E-state index >= 15 is 0 Å². The molecule has 46 valence electrons. The molecule has 1 N–H and O–H groups in total. The van der Waals surface area contributed by atoms with Crippen LogP contribution in [-0.4, -0.2) is 28.5 Å². The van der Waals surface area contributed by atoms with Crippen LogP contribution in [0.25, 0.3) is 0 Å². The molecule has 0 heterocycles. The van der Waals surface area contributed by atoms with Crippen LogP contribution in [0.4, 0.5) is 9.59 Å². The molecule has 4 nitrogen and oxygen atoms in total. The lowest BCUT2D eigenvalue weighted by atomic mass is 10.9. The van der Waals surface area contributed by atoms with Crippen molar-refractivity contribution in [2.24, 2.45) is 0 Å². The molecule has 0 radical (unpaired) electrons. The summed E-state index contributed by atoms with van der Waals surface area (Å²) in [5.74, 6) is 0. The van der Waals surface area contributed by atoms with Gasteiger partial charge in [-0.3, -0.25) is 4.79 Å². The van der Waals surface area contributed by atoms with E-state index in [1.54, 1.807) is 0 Å². The molecule has 5 heteroatoms. The fourth-order valence-electron chi connectivity index (χ4n) is 0.0752. The van der Waals surface area contributed by atoms with Crippen LogP contribution in [0.5, 0.6) is 0 Å². The maximum atomic E-state index is 9.90. The molecule has 0 rings (SSSR count). The van der Waals surface area contributed by atoms with Gasteiger partial charge in [0.15, 0.2) is 0 Å². The Balaban J connectivity index is 3.83. The highest BCUT2D eigenvalue weighted by atomic mass is 35.5. The van der Waals surface area contributed by atoms with Gasteiger partial charge in [-0.05, 0) is 11.6 Å². The molecule has 0 unspecified atom stereocenters. The molecule has 0 aromatic rings. The Morgan fingerprint density at radius 2 is 2.00 bits per heavy atom. The molecular formula is C3H4ClNO3. The van der Waals surface area contributed by atoms with E-state index < -0.39 is 11.5 Å². The Hall–Kier alpha value is -0.770. The van der Waals surface area contributed by atoms with Crippen LogP contribution in [0.15, 0.2) is 0 Å². The minimum absolute atomic E-state index is 0.377. The minimum Gasteiger partial charge on any atom is -0.465 e. The highest BCUT2D eigenvalue weighted by Crippen LogP contribution is 1.90. The van der Waals surface area contributed by atoms with Gasteiger partial charge in [0, 0.05) is 7.05 Å². The second-order valence-corrected chi connectivity index (χ2v) is 1.42. The number of nitrogens with zero attached hydrogens (tertiary/aromatic N) is 1. The van der Waals surface area contributed by atoms with E-state index in [0.29, 0.717) is 4.90 Å². The van der Waals surface area contributed by atoms with Gasteiger partial charge >= 0.3 is 11.5 Å². The summed E-state index contributed by atoms with van der Waals surface area (Å²) in [5, 5.41) is 6.97. The summed E-state index contributed by atoms with van der Waals surface area (Å²) in [7, 11) is 1.07. The number of rotatable bonds is 0. The molecule has 0 aliphatic heterocycles. The van der Waals surface area contributed by atoms with Crippen molar-refractivity contribution in [2.75, 3.05) is 7.05 Å². The van der Waals surface area contributed by atoms with Gasteiger partial charge in [0.2, 0.25) is 0 Å². The van der Waals surface area contributed by atoms with Crippen molar-refractivity contribution in [3.63, 3.8) is 0 Å². The van der Waals surface area contributed by atoms with Crippen LogP contribution in [0, 0.1) is 0 Å². The summed E-state index contributed by atoms with van der Waals surface area (Å²) in [5.41, 5.74) is 0. The van der Waals surface area contributed by atoms with E-state index in [0.717, 1.165) is 7.05 Å². The van der Waals surface area contributed by atoms with Crippen LogP contribution in [0.1, 0.15) is 0 Å². The fourth-order valence-corrected chi connectivity index (χ4v) is 0.147. The summed E-state index contributed by atoms with van der Waals surface area (Å²) in [4.78, 5) is 20.0. The number of carbonyl (C=O) groups excluding carboxylic acids is 1. The minimum atomic E-state index is -1.36. The van der Waals surface area contributed by atoms with Crippen molar-refractivity contribution in [1.29, 1.82) is 0 Å². The molecule has 0 saturated carbocycles. The molecule has 0 aromatic carbocycles. The molecule has 0 bridgehead atoms. The zero-order valence-corrected chi connectivity index (χ0v) is 4.84. The lowest BCUT2D eigenvalue weighted by molar-refractivity contribution is 0.164. The van der Waals surface area contributed by atoms with Crippen molar-refractivity contribution in [3.05, 3.63) is 0 Å². The van der Waals surface area contributed by atoms with Gasteiger partial charge in [-0.2, -0.15) is 0 Å². The highest BCUT2D eigenvalue weighted by Gasteiger charge is 2.10. The number of hydrogen-bond acceptors (Lipinski definition) is 2. The first-order valence-electron chi connectivity index (χ1n) is 1.72. The van der Waals surface area contributed by atoms with Gasteiger partial charge in [0.25, 0.3) is 0 Å². The number of carboxylic acid groups (broad SMARTS) is 1. The van der Waals surface area contributed by atoms with Crippen LogP contribution >= 0.6 is 11.6 Å². The second kappa shape index (κ2) is 2.52. The predicted molar refractivity (Wildman–Crippen MR) is 27.0 cm³/mol. The van der Waals surface area contributed by atoms with E-state index in [-0.39, 0.29) is 0 Å². The number of imide groups is 1. The summed E-state index contributed by atoms with van der Waals surface area (Å²) in [6.45, 7) is 0. The van der Waals surface area contributed by atoms with Crippen molar-refractivity contribution in [3.8, 4) is 0 Å². The molecule has 0 atom stereocenters. The van der Waals surface area contributed by atoms with Crippen LogP contribution < -0.4 is 0 Å². The SMILES string of the molecule is CN(C(=O)O)C(=O)Cl. The molecule has 0 saturated heterocycles. The zero-order chi connectivity index (χ0) is 6.73. The van der Waals surface area contributed by atoms with E-state index in [1.807, 2.05) is 0 Å². The average Bonchev–Trinajstić information content (AvgIpc) is 1.64. The Morgan fingerprint density at radius 1 is 1.62 bits per heavy atom. The lowest BCUT2D eigenvalue weighted by Gasteiger charge is -2.02. The van der Waals surface area contributed by atoms with Crippen LogP contribution in [-0.2, 0) is 0 Å². The summed E-state index contributed by atoms with van der Waals surface area (Å²) < 4.78 is 0. The zero-order valence-electron chi connectivity index (χ0n) is 4.09. The predicted octanol–water partition coefficient (Wildman–Crippen LogP) is 0.955. The molecular weight excluding hydrogens is 133 g/mol. The van der Waals surface area contributed by atoms with Crippen molar-refractivity contribution in [2.45, 2.75) is 0 Å². The Bertz CT molecular complexity index is 110. The molecule has 0 fully saturated rings. The van der Waals surface area contributed by atoms with Crippen molar-refractivity contribution in [1.82, 2.24) is 4.90 Å². The number of halogens is 1. The smallest absolute Gasteiger partial charge is 0.414 e. The summed E-state index contributed by atoms with van der Waals surface area (Å²) in [6, 6.07) is 0.